The molecule has 1 heteroatoms. The largest absolute Gasteiger partial charge is 0.260 e. The van der Waals surface area contributed by atoms with Gasteiger partial charge in [0.05, 0.1) is 5.69 Å². The summed E-state index contributed by atoms with van der Waals surface area (Å²) in [5.74, 6) is 0. The molecule has 1 nitrogen and oxygen atoms in total. The molecule has 21 heavy (non-hydrogen) atoms. The van der Waals surface area contributed by atoms with Crippen molar-refractivity contribution < 1.29 is 0 Å². The van der Waals surface area contributed by atoms with E-state index in [1.54, 1.807) is 0 Å². The monoisotopic (exact) mass is 273 g/mol. The Morgan fingerprint density at radius 3 is 2.95 bits per heavy atom. The molecule has 0 saturated heterocycles. The van der Waals surface area contributed by atoms with Crippen LogP contribution in [0.4, 0.5) is 5.69 Å². The van der Waals surface area contributed by atoms with Crippen LogP contribution in [0.1, 0.15) is 31.4 Å². The fraction of sp³-hybridized carbons (Fsp3) is 0.250. The second-order valence-electron chi connectivity index (χ2n) is 6.34. The van der Waals surface area contributed by atoms with Gasteiger partial charge in [-0.1, -0.05) is 49.4 Å². The van der Waals surface area contributed by atoms with Crippen LogP contribution in [0.5, 0.6) is 0 Å². The zero-order valence-electron chi connectivity index (χ0n) is 12.6. The van der Waals surface area contributed by atoms with Gasteiger partial charge in [0.1, 0.15) is 0 Å². The van der Waals surface area contributed by atoms with Gasteiger partial charge in [0, 0.05) is 23.6 Å². The fourth-order valence-electron chi connectivity index (χ4n) is 3.84. The summed E-state index contributed by atoms with van der Waals surface area (Å²) in [6, 6.07) is 10.9. The summed E-state index contributed by atoms with van der Waals surface area (Å²) in [5, 5.41) is 2.68. The molecule has 0 fully saturated rings. The average molecular weight is 273 g/mol. The number of nitrogens with zero attached hydrogens (tertiary/aromatic N) is 1. The van der Waals surface area contributed by atoms with Crippen LogP contribution >= 0.6 is 0 Å². The number of allylic oxidation sites excluding steroid dienone is 4. The van der Waals surface area contributed by atoms with E-state index in [4.69, 9.17) is 0 Å². The number of hydrogen-bond donors (Lipinski definition) is 0. The van der Waals surface area contributed by atoms with Crippen molar-refractivity contribution >= 4 is 28.2 Å². The highest BCUT2D eigenvalue weighted by Crippen LogP contribution is 2.47. The molecule has 0 bridgehead atoms. The first-order valence-corrected chi connectivity index (χ1v) is 7.63. The van der Waals surface area contributed by atoms with Gasteiger partial charge in [-0.2, -0.15) is 0 Å². The van der Waals surface area contributed by atoms with E-state index in [0.717, 1.165) is 18.5 Å². The molecule has 2 aromatic rings. The maximum atomic E-state index is 4.65. The van der Waals surface area contributed by atoms with Crippen LogP contribution in [-0.4, -0.2) is 6.21 Å². The lowest BCUT2D eigenvalue weighted by molar-refractivity contribution is 0.543. The van der Waals surface area contributed by atoms with Gasteiger partial charge in [0.15, 0.2) is 0 Å². The molecule has 1 aliphatic carbocycles. The molecule has 2 aromatic carbocycles. The van der Waals surface area contributed by atoms with E-state index >= 15 is 0 Å². The Hall–Kier alpha value is -2.15. The molecule has 2 aliphatic rings. The van der Waals surface area contributed by atoms with Crippen molar-refractivity contribution in [3.05, 3.63) is 59.7 Å². The normalized spacial score (nSPS) is 23.4. The topological polar surface area (TPSA) is 12.4 Å². The molecular weight excluding hydrogens is 254 g/mol. The summed E-state index contributed by atoms with van der Waals surface area (Å²) >= 11 is 0. The number of rotatable bonds is 1. The van der Waals surface area contributed by atoms with Crippen molar-refractivity contribution in [1.82, 2.24) is 0 Å². The summed E-state index contributed by atoms with van der Waals surface area (Å²) in [7, 11) is 0. The third-order valence-corrected chi connectivity index (χ3v) is 4.61. The molecule has 1 heterocycles. The van der Waals surface area contributed by atoms with Crippen molar-refractivity contribution in [2.45, 2.75) is 26.7 Å². The molecule has 1 unspecified atom stereocenters. The van der Waals surface area contributed by atoms with Crippen LogP contribution in [0.3, 0.4) is 0 Å². The van der Waals surface area contributed by atoms with E-state index in [2.05, 4.69) is 67.4 Å². The molecule has 0 radical (unpaired) electrons. The summed E-state index contributed by atoms with van der Waals surface area (Å²) in [6.07, 6.45) is 11.0. The predicted molar refractivity (Wildman–Crippen MR) is 91.3 cm³/mol. The lowest BCUT2D eigenvalue weighted by Gasteiger charge is -2.33. The summed E-state index contributed by atoms with van der Waals surface area (Å²) in [4.78, 5) is 4.65. The molecule has 0 N–H and O–H groups in total. The number of benzene rings is 2. The van der Waals surface area contributed by atoms with Gasteiger partial charge in [-0.15, -0.1) is 0 Å². The summed E-state index contributed by atoms with van der Waals surface area (Å²) in [6.45, 7) is 4.44. The maximum absolute atomic E-state index is 4.65. The first-order valence-electron chi connectivity index (χ1n) is 7.63. The van der Waals surface area contributed by atoms with Gasteiger partial charge >= 0.3 is 0 Å². The van der Waals surface area contributed by atoms with Crippen molar-refractivity contribution in [3.8, 4) is 0 Å². The van der Waals surface area contributed by atoms with Crippen molar-refractivity contribution in [2.24, 2.45) is 10.4 Å². The molecule has 0 saturated carbocycles. The van der Waals surface area contributed by atoms with Crippen molar-refractivity contribution in [2.75, 3.05) is 0 Å². The highest BCUT2D eigenvalue weighted by molar-refractivity contribution is 6.01. The van der Waals surface area contributed by atoms with E-state index in [-0.39, 0.29) is 5.41 Å². The van der Waals surface area contributed by atoms with E-state index in [1.807, 2.05) is 6.21 Å². The van der Waals surface area contributed by atoms with Gasteiger partial charge in [-0.05, 0) is 41.3 Å². The number of fused-ring (bicyclic) bond motifs is 2. The Kier molecular flexibility index (Phi) is 2.65. The van der Waals surface area contributed by atoms with Gasteiger partial charge in [-0.3, -0.25) is 4.99 Å². The molecule has 1 aliphatic heterocycles. The molecule has 0 amide bonds. The Bertz CT molecular complexity index is 823. The van der Waals surface area contributed by atoms with E-state index in [9.17, 15) is 0 Å². The summed E-state index contributed by atoms with van der Waals surface area (Å²) in [5.41, 5.74) is 5.55. The third-order valence-electron chi connectivity index (χ3n) is 4.61. The minimum absolute atomic E-state index is 0.115. The molecular formula is C20H19N. The van der Waals surface area contributed by atoms with Gasteiger partial charge < -0.3 is 0 Å². The molecule has 1 atom stereocenters. The quantitative estimate of drug-likeness (QED) is 0.611. The first-order chi connectivity index (χ1) is 10.2. The van der Waals surface area contributed by atoms with Crippen LogP contribution < -0.4 is 0 Å². The SMILES string of the molecule is CC=CC1(C)C=C2CC=Nc3cc4ccccc4c(c32)C1. The van der Waals surface area contributed by atoms with Gasteiger partial charge in [0.25, 0.3) is 0 Å². The second-order valence-corrected chi connectivity index (χ2v) is 6.34. The first kappa shape index (κ1) is 12.6. The van der Waals surface area contributed by atoms with Crippen LogP contribution in [-0.2, 0) is 6.42 Å². The maximum Gasteiger partial charge on any atom is 0.0710 e. The standard InChI is InChI=1S/C20H19N/c1-3-9-20(2)12-15-8-10-21-18-11-14-6-4-5-7-16(14)17(13-20)19(15)18/h3-7,9-12H,8,13H2,1-2H3. The Morgan fingerprint density at radius 2 is 2.10 bits per heavy atom. The van der Waals surface area contributed by atoms with E-state index in [0.29, 0.717) is 0 Å². The predicted octanol–water partition coefficient (Wildman–Crippen LogP) is 5.47. The molecule has 0 aromatic heterocycles. The summed E-state index contributed by atoms with van der Waals surface area (Å²) < 4.78 is 0. The highest BCUT2D eigenvalue weighted by Gasteiger charge is 2.30. The minimum Gasteiger partial charge on any atom is -0.260 e. The Labute approximate surface area is 125 Å². The molecule has 104 valence electrons. The fourth-order valence-corrected chi connectivity index (χ4v) is 3.84. The average Bonchev–Trinajstić information content (AvgIpc) is 2.47. The third kappa shape index (κ3) is 1.88. The van der Waals surface area contributed by atoms with Crippen molar-refractivity contribution in [3.63, 3.8) is 0 Å². The second kappa shape index (κ2) is 4.42. The molecule has 4 rings (SSSR count). The smallest absolute Gasteiger partial charge is 0.0710 e. The van der Waals surface area contributed by atoms with Crippen LogP contribution in [0.2, 0.25) is 0 Å². The Balaban J connectivity index is 2.08. The van der Waals surface area contributed by atoms with E-state index < -0.39 is 0 Å². The number of hydrogen-bond acceptors (Lipinski definition) is 1. The van der Waals surface area contributed by atoms with E-state index in [1.165, 1.54) is 27.5 Å². The van der Waals surface area contributed by atoms with Crippen molar-refractivity contribution in [1.29, 1.82) is 0 Å². The zero-order valence-corrected chi connectivity index (χ0v) is 12.6. The van der Waals surface area contributed by atoms with Gasteiger partial charge in [0.2, 0.25) is 0 Å². The van der Waals surface area contributed by atoms with Crippen LogP contribution in [0, 0.1) is 5.41 Å². The Morgan fingerprint density at radius 1 is 1.24 bits per heavy atom. The zero-order chi connectivity index (χ0) is 14.4. The minimum atomic E-state index is 0.115. The lowest BCUT2D eigenvalue weighted by atomic mass is 9.72. The molecule has 0 spiro atoms. The number of aliphatic imine (C=N–C) groups is 1. The van der Waals surface area contributed by atoms with Crippen LogP contribution in [0.15, 0.2) is 53.6 Å². The van der Waals surface area contributed by atoms with Gasteiger partial charge in [-0.25, -0.2) is 0 Å². The highest BCUT2D eigenvalue weighted by atomic mass is 14.7. The van der Waals surface area contributed by atoms with Crippen LogP contribution in [0.25, 0.3) is 16.3 Å². The lowest BCUT2D eigenvalue weighted by Crippen LogP contribution is -2.21.